The second kappa shape index (κ2) is 8.73. The summed E-state index contributed by atoms with van der Waals surface area (Å²) >= 11 is 0. The summed E-state index contributed by atoms with van der Waals surface area (Å²) < 4.78 is 38.4. The number of carbonyl (C=O) groups is 1. The fourth-order valence-electron chi connectivity index (χ4n) is 4.61. The van der Waals surface area contributed by atoms with Crippen LogP contribution in [0, 0.1) is 11.3 Å². The minimum Gasteiger partial charge on any atom is -0.371 e. The fourth-order valence-corrected chi connectivity index (χ4v) is 4.61. The van der Waals surface area contributed by atoms with Crippen LogP contribution >= 0.6 is 0 Å². The highest BCUT2D eigenvalue weighted by Crippen LogP contribution is 2.36. The van der Waals surface area contributed by atoms with Gasteiger partial charge in [0.1, 0.15) is 5.54 Å². The van der Waals surface area contributed by atoms with Gasteiger partial charge in [0.25, 0.3) is 0 Å². The number of halogens is 3. The minimum atomic E-state index is -4.35. The Labute approximate surface area is 185 Å². The summed E-state index contributed by atoms with van der Waals surface area (Å²) in [4.78, 5) is 17.4. The number of rotatable bonds is 4. The molecule has 5 nitrogen and oxygen atoms in total. The third-order valence-corrected chi connectivity index (χ3v) is 6.39. The summed E-state index contributed by atoms with van der Waals surface area (Å²) in [5, 5.41) is 12.4. The number of nitrogens with zero attached hydrogens (tertiary/aromatic N) is 3. The van der Waals surface area contributed by atoms with Gasteiger partial charge in [0.05, 0.1) is 17.2 Å². The van der Waals surface area contributed by atoms with E-state index in [1.807, 2.05) is 21.9 Å². The van der Waals surface area contributed by atoms with Crippen molar-refractivity contribution in [1.82, 2.24) is 4.90 Å². The van der Waals surface area contributed by atoms with E-state index in [1.165, 1.54) is 12.1 Å². The summed E-state index contributed by atoms with van der Waals surface area (Å²) in [5.41, 5.74) is 0.818. The zero-order valence-corrected chi connectivity index (χ0v) is 17.7. The number of carbonyl (C=O) groups excluding carboxylic acids is 1. The molecule has 0 radical (unpaired) electrons. The largest absolute Gasteiger partial charge is 0.416 e. The van der Waals surface area contributed by atoms with E-state index >= 15 is 0 Å². The Morgan fingerprint density at radius 2 is 1.53 bits per heavy atom. The van der Waals surface area contributed by atoms with Gasteiger partial charge in [0, 0.05) is 37.6 Å². The first kappa shape index (κ1) is 22.0. The van der Waals surface area contributed by atoms with Crippen molar-refractivity contribution in [1.29, 1.82) is 5.26 Å². The molecule has 1 aliphatic heterocycles. The van der Waals surface area contributed by atoms with Crippen LogP contribution in [0.1, 0.15) is 36.8 Å². The van der Waals surface area contributed by atoms with Crippen molar-refractivity contribution in [2.24, 2.45) is 0 Å². The van der Waals surface area contributed by atoms with E-state index < -0.39 is 17.3 Å². The van der Waals surface area contributed by atoms with E-state index in [0.29, 0.717) is 31.7 Å². The summed E-state index contributed by atoms with van der Waals surface area (Å²) in [7, 11) is 0. The van der Waals surface area contributed by atoms with Gasteiger partial charge in [-0.3, -0.25) is 4.79 Å². The molecule has 1 saturated carbocycles. The third-order valence-electron chi connectivity index (χ3n) is 6.39. The first-order valence-electron chi connectivity index (χ1n) is 10.8. The molecule has 0 aromatic heterocycles. The molecular weight excluding hydrogens is 417 g/mol. The summed E-state index contributed by atoms with van der Waals surface area (Å²) in [6.45, 7) is 2.20. The Balaban J connectivity index is 1.41. The van der Waals surface area contributed by atoms with Gasteiger partial charge in [0.2, 0.25) is 5.91 Å². The highest BCUT2D eigenvalue weighted by molar-refractivity contribution is 5.90. The van der Waals surface area contributed by atoms with Gasteiger partial charge in [-0.25, -0.2) is 0 Å². The molecule has 2 aromatic rings. The highest BCUT2D eigenvalue weighted by Gasteiger charge is 2.44. The number of hydrogen-bond acceptors (Lipinski definition) is 4. The maximum absolute atomic E-state index is 13.5. The lowest BCUT2D eigenvalue weighted by atomic mass is 9.94. The lowest BCUT2D eigenvalue weighted by molar-refractivity contribution is -0.138. The zero-order chi connectivity index (χ0) is 22.8. The molecule has 1 saturated heterocycles. The Morgan fingerprint density at radius 3 is 2.06 bits per heavy atom. The third kappa shape index (κ3) is 4.52. The van der Waals surface area contributed by atoms with Gasteiger partial charge in [0.15, 0.2) is 0 Å². The smallest absolute Gasteiger partial charge is 0.371 e. The normalized spacial score (nSPS) is 18.3. The molecule has 4 rings (SSSR count). The molecular formula is C24H25F3N4O. The molecule has 0 spiro atoms. The van der Waals surface area contributed by atoms with Crippen LogP contribution in [0.25, 0.3) is 0 Å². The quantitative estimate of drug-likeness (QED) is 0.749. The molecule has 1 amide bonds. The lowest BCUT2D eigenvalue weighted by Crippen LogP contribution is -2.57. The van der Waals surface area contributed by atoms with Crippen LogP contribution in [0.2, 0.25) is 0 Å². The number of piperazine rings is 1. The lowest BCUT2D eigenvalue weighted by Gasteiger charge is -2.41. The number of benzene rings is 2. The second-order valence-corrected chi connectivity index (χ2v) is 8.43. The molecule has 2 aromatic carbocycles. The maximum Gasteiger partial charge on any atom is 0.416 e. The van der Waals surface area contributed by atoms with E-state index in [2.05, 4.69) is 11.4 Å². The number of amides is 1. The maximum atomic E-state index is 13.5. The molecule has 2 fully saturated rings. The first-order chi connectivity index (χ1) is 15.3. The molecule has 1 heterocycles. The van der Waals surface area contributed by atoms with Gasteiger partial charge in [-0.2, -0.15) is 18.4 Å². The van der Waals surface area contributed by atoms with Crippen LogP contribution in [-0.2, 0) is 11.0 Å². The Morgan fingerprint density at radius 1 is 0.938 bits per heavy atom. The second-order valence-electron chi connectivity index (χ2n) is 8.43. The van der Waals surface area contributed by atoms with Crippen molar-refractivity contribution >= 4 is 17.3 Å². The van der Waals surface area contributed by atoms with E-state index in [1.54, 1.807) is 12.1 Å². The van der Waals surface area contributed by atoms with Crippen LogP contribution in [0.3, 0.4) is 0 Å². The molecule has 8 heteroatoms. The number of hydrogen-bond donors (Lipinski definition) is 1. The van der Waals surface area contributed by atoms with Crippen molar-refractivity contribution in [2.45, 2.75) is 37.4 Å². The fraction of sp³-hybridized carbons (Fsp3) is 0.417. The van der Waals surface area contributed by atoms with Gasteiger partial charge in [-0.05, 0) is 61.4 Å². The van der Waals surface area contributed by atoms with Crippen molar-refractivity contribution < 1.29 is 18.0 Å². The van der Waals surface area contributed by atoms with Crippen LogP contribution in [0.5, 0.6) is 0 Å². The molecule has 0 atom stereocenters. The van der Waals surface area contributed by atoms with Crippen LogP contribution < -0.4 is 10.2 Å². The molecule has 1 N–H and O–H groups in total. The van der Waals surface area contributed by atoms with E-state index in [4.69, 9.17) is 5.26 Å². The SMILES string of the molecule is N#Cc1ccc(NC2(C(=O)N3CCN(c4ccc(C(F)(F)F)cc4)CC3)CCCC2)cc1. The molecule has 0 unspecified atom stereocenters. The topological polar surface area (TPSA) is 59.4 Å². The van der Waals surface area contributed by atoms with Crippen molar-refractivity contribution in [2.75, 3.05) is 36.4 Å². The molecule has 1 aliphatic carbocycles. The van der Waals surface area contributed by atoms with E-state index in [9.17, 15) is 18.0 Å². The van der Waals surface area contributed by atoms with Gasteiger partial charge < -0.3 is 15.1 Å². The first-order valence-corrected chi connectivity index (χ1v) is 10.8. The van der Waals surface area contributed by atoms with Crippen LogP contribution in [0.4, 0.5) is 24.5 Å². The number of nitriles is 1. The number of anilines is 2. The summed E-state index contributed by atoms with van der Waals surface area (Å²) in [6.07, 6.45) is -0.891. The van der Waals surface area contributed by atoms with E-state index in [0.717, 1.165) is 49.2 Å². The number of nitrogens with one attached hydrogen (secondary N) is 1. The average Bonchev–Trinajstić information content (AvgIpc) is 3.28. The Hall–Kier alpha value is -3.21. The highest BCUT2D eigenvalue weighted by atomic mass is 19.4. The monoisotopic (exact) mass is 442 g/mol. The predicted octanol–water partition coefficient (Wildman–Crippen LogP) is 4.65. The predicted molar refractivity (Wildman–Crippen MR) is 116 cm³/mol. The van der Waals surface area contributed by atoms with E-state index in [-0.39, 0.29) is 5.91 Å². The van der Waals surface area contributed by atoms with Crippen molar-refractivity contribution in [3.8, 4) is 6.07 Å². The van der Waals surface area contributed by atoms with Crippen molar-refractivity contribution in [3.05, 3.63) is 59.7 Å². The van der Waals surface area contributed by atoms with Crippen molar-refractivity contribution in [3.63, 3.8) is 0 Å². The average molecular weight is 442 g/mol. The Kier molecular flexibility index (Phi) is 6.00. The molecule has 168 valence electrons. The minimum absolute atomic E-state index is 0.0754. The zero-order valence-electron chi connectivity index (χ0n) is 17.7. The van der Waals surface area contributed by atoms with Gasteiger partial charge in [-0.1, -0.05) is 12.8 Å². The summed E-state index contributed by atoms with van der Waals surface area (Å²) in [6, 6.07) is 14.4. The standard InChI is InChI=1S/C24H25F3N4O/c25-24(26,27)19-5-9-21(10-6-19)30-13-15-31(16-14-30)22(32)23(11-1-2-12-23)29-20-7-3-18(17-28)4-8-20/h3-10,29H,1-2,11-16H2. The van der Waals surface area contributed by atoms with Gasteiger partial charge >= 0.3 is 6.18 Å². The van der Waals surface area contributed by atoms with Crippen LogP contribution in [0.15, 0.2) is 48.5 Å². The summed E-state index contributed by atoms with van der Waals surface area (Å²) in [5.74, 6) is 0.0754. The molecule has 2 aliphatic rings. The Bertz CT molecular complexity index is 982. The van der Waals surface area contributed by atoms with Crippen LogP contribution in [-0.4, -0.2) is 42.5 Å². The molecule has 0 bridgehead atoms. The molecule has 32 heavy (non-hydrogen) atoms. The number of alkyl halides is 3. The van der Waals surface area contributed by atoms with Gasteiger partial charge in [-0.15, -0.1) is 0 Å².